The molecule has 3 nitrogen and oxygen atoms in total. The third-order valence-electron chi connectivity index (χ3n) is 2.71. The largest absolute Gasteiger partial charge is 0.481 e. The van der Waals surface area contributed by atoms with E-state index in [1.54, 1.807) is 0 Å². The van der Waals surface area contributed by atoms with Gasteiger partial charge in [0.15, 0.2) is 0 Å². The highest BCUT2D eigenvalue weighted by molar-refractivity contribution is 7.86. The van der Waals surface area contributed by atoms with Crippen LogP contribution in [0.2, 0.25) is 0 Å². The summed E-state index contributed by atoms with van der Waals surface area (Å²) in [6, 6.07) is 9.46. The Morgan fingerprint density at radius 3 is 2.28 bits per heavy atom. The maximum absolute atomic E-state index is 12.0. The van der Waals surface area contributed by atoms with Gasteiger partial charge < -0.3 is 5.11 Å². The van der Waals surface area contributed by atoms with E-state index in [9.17, 15) is 14.1 Å². The van der Waals surface area contributed by atoms with Crippen LogP contribution in [-0.4, -0.2) is 25.8 Å². The molecular weight excluding hydrogens is 248 g/mol. The highest BCUT2D eigenvalue weighted by Crippen LogP contribution is 2.17. The van der Waals surface area contributed by atoms with Crippen LogP contribution in [0, 0.1) is 5.92 Å². The van der Waals surface area contributed by atoms with Crippen LogP contribution in [0.15, 0.2) is 30.3 Å². The highest BCUT2D eigenvalue weighted by Gasteiger charge is 2.27. The van der Waals surface area contributed by atoms with Gasteiger partial charge >= 0.3 is 5.97 Å². The Bertz CT molecular complexity index is 420. The highest BCUT2D eigenvalue weighted by atomic mass is 32.2. The van der Waals surface area contributed by atoms with Gasteiger partial charge in [-0.2, -0.15) is 0 Å². The zero-order chi connectivity index (χ0) is 13.8. The van der Waals surface area contributed by atoms with E-state index in [1.165, 1.54) is 0 Å². The van der Waals surface area contributed by atoms with Crippen LogP contribution in [0.1, 0.15) is 26.3 Å². The molecule has 0 aliphatic rings. The van der Waals surface area contributed by atoms with Gasteiger partial charge in [-0.25, -0.2) is 0 Å². The van der Waals surface area contributed by atoms with Crippen molar-refractivity contribution in [2.75, 3.05) is 5.75 Å². The summed E-state index contributed by atoms with van der Waals surface area (Å²) in [5, 5.41) is 9.21. The zero-order valence-electron chi connectivity index (χ0n) is 11.1. The molecule has 0 bridgehead atoms. The second kappa shape index (κ2) is 6.14. The number of benzene rings is 1. The third kappa shape index (κ3) is 4.61. The van der Waals surface area contributed by atoms with Gasteiger partial charge in [0.1, 0.15) is 0 Å². The molecule has 0 fully saturated rings. The molecule has 0 unspecified atom stereocenters. The minimum absolute atomic E-state index is 0.202. The van der Waals surface area contributed by atoms with Crippen LogP contribution in [0.25, 0.3) is 0 Å². The van der Waals surface area contributed by atoms with E-state index >= 15 is 0 Å². The average Bonchev–Trinajstić information content (AvgIpc) is 2.28. The molecule has 0 amide bonds. The number of hydrogen-bond donors (Lipinski definition) is 1. The first-order valence-electron chi connectivity index (χ1n) is 5.96. The van der Waals surface area contributed by atoms with Gasteiger partial charge in [-0.3, -0.25) is 9.00 Å². The fraction of sp³-hybridized carbons (Fsp3) is 0.500. The lowest BCUT2D eigenvalue weighted by atomic mass is 10.0. The lowest BCUT2D eigenvalue weighted by Crippen LogP contribution is -2.31. The predicted molar refractivity (Wildman–Crippen MR) is 74.0 cm³/mol. The van der Waals surface area contributed by atoms with Crippen LogP contribution in [0.5, 0.6) is 0 Å². The van der Waals surface area contributed by atoms with Crippen molar-refractivity contribution in [2.45, 2.75) is 31.9 Å². The molecule has 2 atom stereocenters. The maximum Gasteiger partial charge on any atom is 0.307 e. The smallest absolute Gasteiger partial charge is 0.307 e. The maximum atomic E-state index is 12.0. The molecule has 0 aromatic heterocycles. The molecule has 100 valence electrons. The van der Waals surface area contributed by atoms with Crippen molar-refractivity contribution in [3.05, 3.63) is 35.9 Å². The Hall–Kier alpha value is -1.16. The van der Waals surface area contributed by atoms with Gasteiger partial charge in [-0.1, -0.05) is 30.3 Å². The molecule has 4 heteroatoms. The van der Waals surface area contributed by atoms with Gasteiger partial charge in [-0.15, -0.1) is 0 Å². The van der Waals surface area contributed by atoms with Gasteiger partial charge in [0.05, 0.1) is 5.92 Å². The molecule has 1 aromatic carbocycles. The predicted octanol–water partition coefficient (Wildman–Crippen LogP) is 2.48. The summed E-state index contributed by atoms with van der Waals surface area (Å²) in [4.78, 5) is 11.2. The molecule has 0 saturated heterocycles. The average molecular weight is 268 g/mol. The van der Waals surface area contributed by atoms with E-state index < -0.39 is 22.7 Å². The Morgan fingerprint density at radius 1 is 1.28 bits per heavy atom. The number of rotatable bonds is 5. The summed E-state index contributed by atoms with van der Waals surface area (Å²) in [7, 11) is -1.14. The first kappa shape index (κ1) is 14.9. The van der Waals surface area contributed by atoms with Crippen molar-refractivity contribution in [1.82, 2.24) is 0 Å². The summed E-state index contributed by atoms with van der Waals surface area (Å²) in [6.45, 7) is 5.60. The first-order valence-corrected chi connectivity index (χ1v) is 7.28. The summed E-state index contributed by atoms with van der Waals surface area (Å²) in [5.74, 6) is -1.27. The number of carboxylic acids is 1. The molecule has 18 heavy (non-hydrogen) atoms. The van der Waals surface area contributed by atoms with E-state index in [4.69, 9.17) is 0 Å². The summed E-state index contributed by atoms with van der Waals surface area (Å²) >= 11 is 0. The number of aliphatic carboxylic acids is 1. The lowest BCUT2D eigenvalue weighted by molar-refractivity contribution is -0.140. The second-order valence-corrected chi connectivity index (χ2v) is 7.60. The van der Waals surface area contributed by atoms with Gasteiger partial charge in [0.25, 0.3) is 0 Å². The molecule has 1 rings (SSSR count). The van der Waals surface area contributed by atoms with Crippen LogP contribution >= 0.6 is 0 Å². The molecule has 1 aromatic rings. The van der Waals surface area contributed by atoms with E-state index in [0.717, 1.165) is 5.56 Å². The fourth-order valence-corrected chi connectivity index (χ4v) is 2.67. The zero-order valence-corrected chi connectivity index (χ0v) is 11.9. The second-order valence-electron chi connectivity index (χ2n) is 5.35. The lowest BCUT2D eigenvalue weighted by Gasteiger charge is -2.20. The van der Waals surface area contributed by atoms with E-state index in [1.807, 2.05) is 51.1 Å². The molecule has 0 spiro atoms. The SMILES string of the molecule is CC(C)(C)[S@@](=O)C[C@@H](Cc1ccccc1)C(=O)O. The standard InChI is InChI=1S/C14H20O3S/c1-14(2,3)18(17)10-12(13(15)16)9-11-7-5-4-6-8-11/h4-8,12H,9-10H2,1-3H3,(H,15,16)/t12-,18+/m1/s1. The number of hydrogen-bond acceptors (Lipinski definition) is 2. The van der Waals surface area contributed by atoms with Crippen molar-refractivity contribution in [3.8, 4) is 0 Å². The molecule has 0 heterocycles. The Balaban J connectivity index is 2.73. The molecular formula is C14H20O3S. The van der Waals surface area contributed by atoms with Gasteiger partial charge in [0.2, 0.25) is 0 Å². The summed E-state index contributed by atoms with van der Waals surface area (Å²) < 4.78 is 11.6. The quantitative estimate of drug-likeness (QED) is 0.892. The number of carbonyl (C=O) groups is 1. The molecule has 0 aliphatic heterocycles. The van der Waals surface area contributed by atoms with Crippen molar-refractivity contribution in [1.29, 1.82) is 0 Å². The van der Waals surface area contributed by atoms with Crippen molar-refractivity contribution in [3.63, 3.8) is 0 Å². The molecule has 1 N–H and O–H groups in total. The Morgan fingerprint density at radius 2 is 1.83 bits per heavy atom. The van der Waals surface area contributed by atoms with Gasteiger partial charge in [-0.05, 0) is 32.8 Å². The molecule has 0 aliphatic carbocycles. The first-order chi connectivity index (χ1) is 8.30. The molecule has 0 saturated carbocycles. The van der Waals surface area contributed by atoms with Crippen LogP contribution in [-0.2, 0) is 22.0 Å². The third-order valence-corrected chi connectivity index (χ3v) is 4.78. The minimum atomic E-state index is -1.14. The van der Waals surface area contributed by atoms with Crippen molar-refractivity contribution < 1.29 is 14.1 Å². The summed E-state index contributed by atoms with van der Waals surface area (Å²) in [6.07, 6.45) is 0.429. The van der Waals surface area contributed by atoms with Crippen LogP contribution < -0.4 is 0 Å². The van der Waals surface area contributed by atoms with E-state index in [-0.39, 0.29) is 10.5 Å². The number of carboxylic acid groups (broad SMARTS) is 1. The normalized spacial score (nSPS) is 15.1. The van der Waals surface area contributed by atoms with E-state index in [0.29, 0.717) is 6.42 Å². The monoisotopic (exact) mass is 268 g/mol. The minimum Gasteiger partial charge on any atom is -0.481 e. The van der Waals surface area contributed by atoms with Crippen LogP contribution in [0.4, 0.5) is 0 Å². The van der Waals surface area contributed by atoms with Crippen molar-refractivity contribution in [2.24, 2.45) is 5.92 Å². The Labute approximate surface area is 111 Å². The van der Waals surface area contributed by atoms with Crippen LogP contribution in [0.3, 0.4) is 0 Å². The molecule has 0 radical (unpaired) electrons. The topological polar surface area (TPSA) is 54.4 Å². The van der Waals surface area contributed by atoms with E-state index in [2.05, 4.69) is 0 Å². The summed E-state index contributed by atoms with van der Waals surface area (Å²) in [5.41, 5.74) is 0.968. The van der Waals surface area contributed by atoms with Gasteiger partial charge in [0, 0.05) is 21.3 Å². The fourth-order valence-electron chi connectivity index (χ4n) is 1.55. The van der Waals surface area contributed by atoms with Crippen molar-refractivity contribution >= 4 is 16.8 Å². The Kier molecular flexibility index (Phi) is 5.08.